The zero-order chi connectivity index (χ0) is 8.69. The Hall–Kier alpha value is -0.580. The van der Waals surface area contributed by atoms with E-state index >= 15 is 0 Å². The molecule has 66 valence electrons. The van der Waals surface area contributed by atoms with Crippen molar-refractivity contribution < 1.29 is 9.00 Å². The first kappa shape index (κ1) is 10.4. The van der Waals surface area contributed by atoms with Gasteiger partial charge in [0.2, 0.25) is 0 Å². The highest BCUT2D eigenvalue weighted by Crippen LogP contribution is 1.80. The summed E-state index contributed by atoms with van der Waals surface area (Å²) in [5.74, 6) is 0.643. The van der Waals surface area contributed by atoms with Crippen LogP contribution in [0.1, 0.15) is 6.42 Å². The van der Waals surface area contributed by atoms with E-state index in [0.29, 0.717) is 12.3 Å². The molecule has 2 amide bonds. The number of nitrogens with one attached hydrogen (secondary N) is 2. The summed E-state index contributed by atoms with van der Waals surface area (Å²) in [6, 6.07) is -0.188. The second kappa shape index (κ2) is 6.15. The normalized spacial score (nSPS) is 12.2. The van der Waals surface area contributed by atoms with Crippen LogP contribution < -0.4 is 10.6 Å². The maximum absolute atomic E-state index is 10.6. The summed E-state index contributed by atoms with van der Waals surface area (Å²) in [7, 11) is 0.809. The highest BCUT2D eigenvalue weighted by Gasteiger charge is 1.94. The van der Waals surface area contributed by atoms with Crippen LogP contribution in [0.5, 0.6) is 0 Å². The van der Waals surface area contributed by atoms with Crippen LogP contribution in [0.2, 0.25) is 0 Å². The zero-order valence-corrected chi connectivity index (χ0v) is 7.66. The van der Waals surface area contributed by atoms with Crippen molar-refractivity contribution in [2.24, 2.45) is 0 Å². The van der Waals surface area contributed by atoms with E-state index < -0.39 is 10.8 Å². The van der Waals surface area contributed by atoms with Gasteiger partial charge in [0.05, 0.1) is 0 Å². The predicted octanol–water partition coefficient (Wildman–Crippen LogP) is -0.316. The summed E-state index contributed by atoms with van der Waals surface area (Å²) in [6.07, 6.45) is 2.41. The highest BCUT2D eigenvalue weighted by atomic mass is 32.2. The summed E-state index contributed by atoms with van der Waals surface area (Å²) in [5, 5.41) is 5.03. The van der Waals surface area contributed by atoms with Crippen molar-refractivity contribution in [3.8, 4) is 0 Å². The fourth-order valence-electron chi connectivity index (χ4n) is 0.566. The summed E-state index contributed by atoms with van der Waals surface area (Å²) in [4.78, 5) is 10.6. The van der Waals surface area contributed by atoms with Gasteiger partial charge in [-0.05, 0) is 6.42 Å². The van der Waals surface area contributed by atoms with E-state index in [4.69, 9.17) is 0 Å². The molecule has 11 heavy (non-hydrogen) atoms. The van der Waals surface area contributed by atoms with Gasteiger partial charge in [-0.25, -0.2) is 4.79 Å². The molecule has 0 saturated heterocycles. The summed E-state index contributed by atoms with van der Waals surface area (Å²) in [6.45, 7) is 0.583. The van der Waals surface area contributed by atoms with E-state index in [0.717, 1.165) is 6.42 Å². The van der Waals surface area contributed by atoms with E-state index in [-0.39, 0.29) is 6.03 Å². The molecule has 0 aliphatic carbocycles. The second-order valence-electron chi connectivity index (χ2n) is 2.14. The van der Waals surface area contributed by atoms with Crippen molar-refractivity contribution in [1.29, 1.82) is 0 Å². The molecule has 0 aromatic heterocycles. The minimum atomic E-state index is -0.754. The second-order valence-corrected chi connectivity index (χ2v) is 3.69. The molecule has 0 saturated carbocycles. The lowest BCUT2D eigenvalue weighted by Gasteiger charge is -2.01. The maximum atomic E-state index is 10.6. The Morgan fingerprint density at radius 1 is 1.55 bits per heavy atom. The molecular formula is C6H14N2O2S. The molecule has 1 unspecified atom stereocenters. The Balaban J connectivity index is 3.14. The number of rotatable bonds is 4. The molecule has 0 spiro atoms. The van der Waals surface area contributed by atoms with Gasteiger partial charge in [0.1, 0.15) is 0 Å². The van der Waals surface area contributed by atoms with E-state index in [1.165, 1.54) is 0 Å². The van der Waals surface area contributed by atoms with Crippen LogP contribution in [0.15, 0.2) is 0 Å². The summed E-state index contributed by atoms with van der Waals surface area (Å²) < 4.78 is 10.5. The molecule has 5 heteroatoms. The lowest BCUT2D eigenvalue weighted by Crippen LogP contribution is -2.33. The third-order valence-electron chi connectivity index (χ3n) is 1.12. The SMILES string of the molecule is CNC(=O)NCCCS(C)=O. The smallest absolute Gasteiger partial charge is 0.314 e. The lowest BCUT2D eigenvalue weighted by atomic mass is 10.5. The van der Waals surface area contributed by atoms with Crippen molar-refractivity contribution in [1.82, 2.24) is 10.6 Å². The van der Waals surface area contributed by atoms with Gasteiger partial charge < -0.3 is 10.6 Å². The standard InChI is InChI=1S/C6H14N2O2S/c1-7-6(9)8-4-3-5-11(2)10/h3-5H2,1-2H3,(H2,7,8,9). The molecule has 0 heterocycles. The van der Waals surface area contributed by atoms with Gasteiger partial charge in [-0.15, -0.1) is 0 Å². The summed E-state index contributed by atoms with van der Waals surface area (Å²) in [5.41, 5.74) is 0. The van der Waals surface area contributed by atoms with Gasteiger partial charge in [0.15, 0.2) is 0 Å². The molecule has 2 N–H and O–H groups in total. The fourth-order valence-corrected chi connectivity index (χ4v) is 1.12. The van der Waals surface area contributed by atoms with Gasteiger partial charge in [-0.3, -0.25) is 4.21 Å². The number of carbonyl (C=O) groups is 1. The Morgan fingerprint density at radius 3 is 2.64 bits per heavy atom. The minimum Gasteiger partial charge on any atom is -0.341 e. The average Bonchev–Trinajstić information content (AvgIpc) is 1.97. The van der Waals surface area contributed by atoms with Crippen LogP contribution in [0.25, 0.3) is 0 Å². The Morgan fingerprint density at radius 2 is 2.18 bits per heavy atom. The first-order chi connectivity index (χ1) is 5.16. The van der Waals surface area contributed by atoms with Gasteiger partial charge in [-0.2, -0.15) is 0 Å². The molecule has 0 aromatic carbocycles. The average molecular weight is 178 g/mol. The Labute approximate surface area is 69.2 Å². The molecule has 4 nitrogen and oxygen atoms in total. The number of hydrogen-bond donors (Lipinski definition) is 2. The van der Waals surface area contributed by atoms with Crippen molar-refractivity contribution in [3.05, 3.63) is 0 Å². The zero-order valence-electron chi connectivity index (χ0n) is 6.85. The van der Waals surface area contributed by atoms with Crippen LogP contribution in [0.4, 0.5) is 4.79 Å². The predicted molar refractivity (Wildman–Crippen MR) is 46.0 cm³/mol. The van der Waals surface area contributed by atoms with E-state index in [2.05, 4.69) is 10.6 Å². The lowest BCUT2D eigenvalue weighted by molar-refractivity contribution is 0.243. The number of amides is 2. The quantitative estimate of drug-likeness (QED) is 0.580. The number of carbonyl (C=O) groups excluding carboxylic acids is 1. The minimum absolute atomic E-state index is 0.188. The first-order valence-electron chi connectivity index (χ1n) is 3.42. The monoisotopic (exact) mass is 178 g/mol. The Bertz CT molecular complexity index is 150. The largest absolute Gasteiger partial charge is 0.341 e. The van der Waals surface area contributed by atoms with Gasteiger partial charge in [0, 0.05) is 36.4 Å². The molecule has 0 aliphatic rings. The summed E-state index contributed by atoms with van der Waals surface area (Å²) >= 11 is 0. The molecule has 1 atom stereocenters. The molecule has 0 rings (SSSR count). The molecule has 0 aliphatic heterocycles. The van der Waals surface area contributed by atoms with Crippen LogP contribution in [-0.2, 0) is 10.8 Å². The highest BCUT2D eigenvalue weighted by molar-refractivity contribution is 7.84. The van der Waals surface area contributed by atoms with Gasteiger partial charge >= 0.3 is 6.03 Å². The van der Waals surface area contributed by atoms with Crippen LogP contribution in [0.3, 0.4) is 0 Å². The van der Waals surface area contributed by atoms with Crippen LogP contribution >= 0.6 is 0 Å². The van der Waals surface area contributed by atoms with Crippen molar-refractivity contribution in [2.75, 3.05) is 25.6 Å². The van der Waals surface area contributed by atoms with Crippen molar-refractivity contribution in [3.63, 3.8) is 0 Å². The molecule has 0 aromatic rings. The molecule has 0 radical (unpaired) electrons. The number of hydrogen-bond acceptors (Lipinski definition) is 2. The third-order valence-corrected chi connectivity index (χ3v) is 1.98. The van der Waals surface area contributed by atoms with Crippen molar-refractivity contribution >= 4 is 16.8 Å². The first-order valence-corrected chi connectivity index (χ1v) is 5.15. The molecular weight excluding hydrogens is 164 g/mol. The molecule has 0 fully saturated rings. The van der Waals surface area contributed by atoms with Gasteiger partial charge in [-0.1, -0.05) is 0 Å². The molecule has 0 bridgehead atoms. The van der Waals surface area contributed by atoms with Crippen LogP contribution in [-0.4, -0.2) is 35.8 Å². The van der Waals surface area contributed by atoms with E-state index in [1.54, 1.807) is 13.3 Å². The third kappa shape index (κ3) is 7.32. The van der Waals surface area contributed by atoms with Gasteiger partial charge in [0.25, 0.3) is 0 Å². The maximum Gasteiger partial charge on any atom is 0.314 e. The van der Waals surface area contributed by atoms with E-state index in [9.17, 15) is 9.00 Å². The van der Waals surface area contributed by atoms with E-state index in [1.807, 2.05) is 0 Å². The fraction of sp³-hybridized carbons (Fsp3) is 0.833. The number of urea groups is 1. The van der Waals surface area contributed by atoms with Crippen LogP contribution in [0, 0.1) is 0 Å². The topological polar surface area (TPSA) is 58.2 Å². The Kier molecular flexibility index (Phi) is 5.83. The van der Waals surface area contributed by atoms with Crippen molar-refractivity contribution in [2.45, 2.75) is 6.42 Å².